The summed E-state index contributed by atoms with van der Waals surface area (Å²) in [5.41, 5.74) is 1.95. The number of carbonyl (C=O) groups is 1. The fourth-order valence-electron chi connectivity index (χ4n) is 1.50. The zero-order chi connectivity index (χ0) is 11.7. The Morgan fingerprint density at radius 3 is 2.44 bits per heavy atom. The van der Waals surface area contributed by atoms with Crippen molar-refractivity contribution in [1.29, 1.82) is 0 Å². The summed E-state index contributed by atoms with van der Waals surface area (Å²) in [6.45, 7) is 1.92. The maximum atomic E-state index is 10.8. The number of hydrogen-bond acceptors (Lipinski definition) is 2. The smallest absolute Gasteiger partial charge is 0.345 e. The van der Waals surface area contributed by atoms with Crippen molar-refractivity contribution in [2.75, 3.05) is 0 Å². The molecule has 1 heterocycles. The van der Waals surface area contributed by atoms with Crippen molar-refractivity contribution >= 4 is 28.9 Å². The second-order valence-corrected chi connectivity index (χ2v) is 5.09. The van der Waals surface area contributed by atoms with Gasteiger partial charge in [0.2, 0.25) is 0 Å². The van der Waals surface area contributed by atoms with Crippen LogP contribution in [0.2, 0.25) is 5.02 Å². The molecular formula is C12H9ClO2S. The highest BCUT2D eigenvalue weighted by Crippen LogP contribution is 2.31. The quantitative estimate of drug-likeness (QED) is 0.875. The summed E-state index contributed by atoms with van der Waals surface area (Å²) in [5.74, 6) is -0.881. The normalized spacial score (nSPS) is 10.4. The van der Waals surface area contributed by atoms with E-state index in [1.807, 2.05) is 19.1 Å². The first-order chi connectivity index (χ1) is 7.58. The summed E-state index contributed by atoms with van der Waals surface area (Å²) in [7, 11) is 0. The van der Waals surface area contributed by atoms with E-state index in [9.17, 15) is 4.79 Å². The molecule has 0 amide bonds. The molecule has 0 unspecified atom stereocenters. The summed E-state index contributed by atoms with van der Waals surface area (Å²) < 4.78 is 0. The lowest BCUT2D eigenvalue weighted by molar-refractivity contribution is 0.0702. The highest BCUT2D eigenvalue weighted by Gasteiger charge is 2.12. The third-order valence-corrected chi connectivity index (χ3v) is 3.57. The molecule has 0 aliphatic rings. The van der Waals surface area contributed by atoms with E-state index >= 15 is 0 Å². The largest absolute Gasteiger partial charge is 0.477 e. The second-order valence-electron chi connectivity index (χ2n) is 3.39. The van der Waals surface area contributed by atoms with Gasteiger partial charge in [-0.15, -0.1) is 11.3 Å². The summed E-state index contributed by atoms with van der Waals surface area (Å²) in [6, 6.07) is 9.08. The molecule has 2 nitrogen and oxygen atoms in total. The molecule has 1 aromatic carbocycles. The molecule has 2 aromatic rings. The highest BCUT2D eigenvalue weighted by atomic mass is 35.5. The first-order valence-corrected chi connectivity index (χ1v) is 5.87. The molecule has 82 valence electrons. The van der Waals surface area contributed by atoms with Gasteiger partial charge in [0.15, 0.2) is 0 Å². The number of thiophene rings is 1. The van der Waals surface area contributed by atoms with Crippen molar-refractivity contribution < 1.29 is 9.90 Å². The first-order valence-electron chi connectivity index (χ1n) is 4.67. The van der Waals surface area contributed by atoms with Gasteiger partial charge in [0, 0.05) is 9.90 Å². The van der Waals surface area contributed by atoms with Crippen LogP contribution in [0, 0.1) is 6.92 Å². The van der Waals surface area contributed by atoms with Crippen LogP contribution in [0.1, 0.15) is 14.5 Å². The molecule has 16 heavy (non-hydrogen) atoms. The zero-order valence-corrected chi connectivity index (χ0v) is 10.1. The van der Waals surface area contributed by atoms with Gasteiger partial charge in [0.1, 0.15) is 4.88 Å². The number of benzene rings is 1. The molecule has 2 rings (SSSR count). The standard InChI is InChI=1S/C12H9ClO2S/c1-7-10(6-11(16-7)12(14)15)8-2-4-9(13)5-3-8/h2-6H,1H3,(H,14,15). The van der Waals surface area contributed by atoms with Gasteiger partial charge in [-0.3, -0.25) is 0 Å². The Bertz CT molecular complexity index is 528. The lowest BCUT2D eigenvalue weighted by Gasteiger charge is -1.99. The third-order valence-electron chi connectivity index (χ3n) is 2.28. The van der Waals surface area contributed by atoms with Crippen LogP contribution in [0.4, 0.5) is 0 Å². The Hall–Kier alpha value is -1.32. The van der Waals surface area contributed by atoms with Gasteiger partial charge in [0.05, 0.1) is 0 Å². The maximum Gasteiger partial charge on any atom is 0.345 e. The van der Waals surface area contributed by atoms with E-state index in [0.29, 0.717) is 9.90 Å². The van der Waals surface area contributed by atoms with Crippen LogP contribution in [0.15, 0.2) is 30.3 Å². The molecule has 0 aliphatic carbocycles. The Kier molecular flexibility index (Phi) is 2.99. The zero-order valence-electron chi connectivity index (χ0n) is 8.53. The van der Waals surface area contributed by atoms with Crippen molar-refractivity contribution in [3.8, 4) is 11.1 Å². The number of aryl methyl sites for hydroxylation is 1. The minimum Gasteiger partial charge on any atom is -0.477 e. The van der Waals surface area contributed by atoms with Crippen molar-refractivity contribution in [2.24, 2.45) is 0 Å². The Balaban J connectivity index is 2.47. The van der Waals surface area contributed by atoms with Gasteiger partial charge < -0.3 is 5.11 Å². The van der Waals surface area contributed by atoms with Crippen LogP contribution in [0.25, 0.3) is 11.1 Å². The summed E-state index contributed by atoms with van der Waals surface area (Å²) >= 11 is 7.09. The molecule has 4 heteroatoms. The number of carboxylic acids is 1. The summed E-state index contributed by atoms with van der Waals surface area (Å²) in [4.78, 5) is 12.2. The Morgan fingerprint density at radius 1 is 1.31 bits per heavy atom. The Labute approximate surface area is 102 Å². The van der Waals surface area contributed by atoms with Gasteiger partial charge >= 0.3 is 5.97 Å². The molecule has 0 fully saturated rings. The third kappa shape index (κ3) is 2.10. The molecule has 1 aromatic heterocycles. The van der Waals surface area contributed by atoms with Crippen molar-refractivity contribution in [3.05, 3.63) is 45.1 Å². The minimum absolute atomic E-state index is 0.363. The molecular weight excluding hydrogens is 244 g/mol. The van der Waals surface area contributed by atoms with Crippen molar-refractivity contribution in [3.63, 3.8) is 0 Å². The molecule has 1 N–H and O–H groups in total. The predicted octanol–water partition coefficient (Wildman–Crippen LogP) is 4.08. The molecule has 0 atom stereocenters. The lowest BCUT2D eigenvalue weighted by atomic mass is 10.1. The first kappa shape index (κ1) is 11.2. The molecule has 0 saturated heterocycles. The van der Waals surface area contributed by atoms with Crippen LogP contribution < -0.4 is 0 Å². The van der Waals surface area contributed by atoms with Crippen molar-refractivity contribution in [1.82, 2.24) is 0 Å². The van der Waals surface area contributed by atoms with E-state index in [-0.39, 0.29) is 0 Å². The van der Waals surface area contributed by atoms with Crippen LogP contribution >= 0.6 is 22.9 Å². The van der Waals surface area contributed by atoms with Crippen molar-refractivity contribution in [2.45, 2.75) is 6.92 Å². The Morgan fingerprint density at radius 2 is 1.94 bits per heavy atom. The van der Waals surface area contributed by atoms with Crippen LogP contribution in [-0.2, 0) is 0 Å². The van der Waals surface area contributed by atoms with Crippen LogP contribution in [0.3, 0.4) is 0 Å². The molecule has 0 spiro atoms. The van der Waals surface area contributed by atoms with E-state index in [4.69, 9.17) is 16.7 Å². The van der Waals surface area contributed by atoms with E-state index < -0.39 is 5.97 Å². The summed E-state index contributed by atoms with van der Waals surface area (Å²) in [6.07, 6.45) is 0. The number of carboxylic acid groups (broad SMARTS) is 1. The predicted molar refractivity (Wildman–Crippen MR) is 66.5 cm³/mol. The molecule has 0 radical (unpaired) electrons. The maximum absolute atomic E-state index is 10.8. The molecule has 0 bridgehead atoms. The van der Waals surface area contributed by atoms with Crippen LogP contribution in [-0.4, -0.2) is 11.1 Å². The summed E-state index contributed by atoms with van der Waals surface area (Å²) in [5, 5.41) is 9.58. The lowest BCUT2D eigenvalue weighted by Crippen LogP contribution is -1.89. The minimum atomic E-state index is -0.881. The number of rotatable bonds is 2. The number of hydrogen-bond donors (Lipinski definition) is 1. The van der Waals surface area contributed by atoms with E-state index in [2.05, 4.69) is 0 Å². The number of halogens is 1. The average Bonchev–Trinajstić information content (AvgIpc) is 2.62. The van der Waals surface area contributed by atoms with Gasteiger partial charge in [0.25, 0.3) is 0 Å². The highest BCUT2D eigenvalue weighted by molar-refractivity contribution is 7.14. The van der Waals surface area contributed by atoms with E-state index in [0.717, 1.165) is 16.0 Å². The molecule has 0 saturated carbocycles. The SMILES string of the molecule is Cc1sc(C(=O)O)cc1-c1ccc(Cl)cc1. The topological polar surface area (TPSA) is 37.3 Å². The fourth-order valence-corrected chi connectivity index (χ4v) is 2.51. The fraction of sp³-hybridized carbons (Fsp3) is 0.0833. The van der Waals surface area contributed by atoms with Gasteiger partial charge in [-0.1, -0.05) is 23.7 Å². The van der Waals surface area contributed by atoms with Gasteiger partial charge in [-0.25, -0.2) is 4.79 Å². The van der Waals surface area contributed by atoms with E-state index in [1.54, 1.807) is 18.2 Å². The van der Waals surface area contributed by atoms with Crippen LogP contribution in [0.5, 0.6) is 0 Å². The monoisotopic (exact) mass is 252 g/mol. The second kappa shape index (κ2) is 4.28. The van der Waals surface area contributed by atoms with Gasteiger partial charge in [-0.2, -0.15) is 0 Å². The van der Waals surface area contributed by atoms with E-state index in [1.165, 1.54) is 11.3 Å². The average molecular weight is 253 g/mol. The van der Waals surface area contributed by atoms with Gasteiger partial charge in [-0.05, 0) is 36.2 Å². The number of aromatic carboxylic acids is 1. The molecule has 0 aliphatic heterocycles.